The summed E-state index contributed by atoms with van der Waals surface area (Å²) in [6, 6.07) is 0.549. The van der Waals surface area contributed by atoms with Gasteiger partial charge in [0, 0.05) is 24.9 Å². The zero-order valence-corrected chi connectivity index (χ0v) is 9.16. The van der Waals surface area contributed by atoms with Crippen LogP contribution in [0, 0.1) is 0 Å². The van der Waals surface area contributed by atoms with Crippen LogP contribution in [0.2, 0.25) is 0 Å². The highest BCUT2D eigenvalue weighted by Gasteiger charge is 2.34. The highest BCUT2D eigenvalue weighted by atomic mass is 16.2. The van der Waals surface area contributed by atoms with E-state index in [2.05, 4.69) is 12.2 Å². The minimum Gasteiger partial charge on any atom is -0.314 e. The molecule has 0 spiro atoms. The quantitative estimate of drug-likeness (QED) is 0.647. The van der Waals surface area contributed by atoms with Crippen LogP contribution in [-0.4, -0.2) is 35.3 Å². The molecular weight excluding hydrogens is 192 g/mol. The zero-order valence-electron chi connectivity index (χ0n) is 9.16. The molecule has 2 fully saturated rings. The topological polar surface area (TPSA) is 49.4 Å². The lowest BCUT2D eigenvalue weighted by atomic mass is 9.96. The monoisotopic (exact) mass is 210 g/mol. The molecule has 0 aliphatic carbocycles. The smallest absolute Gasteiger partial charge is 0.229 e. The number of hydrogen-bond acceptors (Lipinski definition) is 3. The summed E-state index contributed by atoms with van der Waals surface area (Å²) in [6.07, 6.45) is 3.63. The van der Waals surface area contributed by atoms with Gasteiger partial charge in [-0.25, -0.2) is 0 Å². The second kappa shape index (κ2) is 4.31. The predicted octanol–water partition coefficient (Wildman–Crippen LogP) is 0.666. The molecule has 4 nitrogen and oxygen atoms in total. The second-order valence-electron chi connectivity index (χ2n) is 4.54. The standard InChI is InChI=1S/C11H18N2O2/c1-8-7-9(5-6-12-8)13-10(14)3-2-4-11(13)15/h8-9,12H,2-7H2,1H3. The number of likely N-dealkylation sites (tertiary alicyclic amines) is 1. The van der Waals surface area contributed by atoms with Crippen molar-refractivity contribution in [1.82, 2.24) is 10.2 Å². The van der Waals surface area contributed by atoms with Gasteiger partial charge in [-0.2, -0.15) is 0 Å². The van der Waals surface area contributed by atoms with Crippen molar-refractivity contribution in [3.05, 3.63) is 0 Å². The van der Waals surface area contributed by atoms with Crippen LogP contribution in [0.4, 0.5) is 0 Å². The van der Waals surface area contributed by atoms with Crippen molar-refractivity contribution >= 4 is 11.8 Å². The highest BCUT2D eigenvalue weighted by molar-refractivity contribution is 5.97. The second-order valence-corrected chi connectivity index (χ2v) is 4.54. The minimum atomic E-state index is 0.0327. The van der Waals surface area contributed by atoms with Gasteiger partial charge in [0.1, 0.15) is 0 Å². The maximum atomic E-state index is 11.7. The number of carbonyl (C=O) groups excluding carboxylic acids is 2. The molecule has 2 saturated heterocycles. The third kappa shape index (κ3) is 2.20. The summed E-state index contributed by atoms with van der Waals surface area (Å²) in [5.74, 6) is 0.0655. The molecule has 2 heterocycles. The number of piperidine rings is 2. The van der Waals surface area contributed by atoms with Crippen molar-refractivity contribution in [1.29, 1.82) is 0 Å². The molecule has 2 atom stereocenters. The van der Waals surface area contributed by atoms with Crippen molar-refractivity contribution in [3.8, 4) is 0 Å². The van der Waals surface area contributed by atoms with Gasteiger partial charge >= 0.3 is 0 Å². The van der Waals surface area contributed by atoms with E-state index in [4.69, 9.17) is 0 Å². The van der Waals surface area contributed by atoms with E-state index in [1.807, 2.05) is 0 Å². The first kappa shape index (κ1) is 10.6. The summed E-state index contributed by atoms with van der Waals surface area (Å²) in [4.78, 5) is 24.9. The Morgan fingerprint density at radius 2 is 1.93 bits per heavy atom. The van der Waals surface area contributed by atoms with Crippen LogP contribution >= 0.6 is 0 Å². The van der Waals surface area contributed by atoms with Gasteiger partial charge in [-0.05, 0) is 32.7 Å². The number of nitrogens with zero attached hydrogens (tertiary/aromatic N) is 1. The Bertz CT molecular complexity index is 262. The number of hydrogen-bond donors (Lipinski definition) is 1. The van der Waals surface area contributed by atoms with Crippen LogP contribution < -0.4 is 5.32 Å². The Morgan fingerprint density at radius 1 is 1.27 bits per heavy atom. The molecule has 15 heavy (non-hydrogen) atoms. The van der Waals surface area contributed by atoms with Crippen molar-refractivity contribution in [3.63, 3.8) is 0 Å². The first-order valence-corrected chi connectivity index (χ1v) is 5.77. The van der Waals surface area contributed by atoms with Gasteiger partial charge in [0.2, 0.25) is 11.8 Å². The Balaban J connectivity index is 2.06. The summed E-state index contributed by atoms with van der Waals surface area (Å²) in [5.41, 5.74) is 0. The predicted molar refractivity (Wildman–Crippen MR) is 56.2 cm³/mol. The van der Waals surface area contributed by atoms with Gasteiger partial charge in [-0.15, -0.1) is 0 Å². The van der Waals surface area contributed by atoms with Crippen LogP contribution in [0.1, 0.15) is 39.0 Å². The summed E-state index contributed by atoms with van der Waals surface area (Å²) in [6.45, 7) is 3.01. The zero-order chi connectivity index (χ0) is 10.8. The van der Waals surface area contributed by atoms with E-state index in [1.165, 1.54) is 4.90 Å². The molecule has 2 rings (SSSR count). The van der Waals surface area contributed by atoms with E-state index in [-0.39, 0.29) is 17.9 Å². The molecule has 1 N–H and O–H groups in total. The molecule has 2 unspecified atom stereocenters. The molecule has 2 aliphatic rings. The lowest BCUT2D eigenvalue weighted by Crippen LogP contribution is -2.52. The maximum Gasteiger partial charge on any atom is 0.229 e. The fourth-order valence-corrected chi connectivity index (χ4v) is 2.52. The molecule has 84 valence electrons. The first-order valence-electron chi connectivity index (χ1n) is 5.77. The molecule has 0 aromatic carbocycles. The van der Waals surface area contributed by atoms with Crippen molar-refractivity contribution in [2.45, 2.75) is 51.1 Å². The molecule has 2 amide bonds. The lowest BCUT2D eigenvalue weighted by Gasteiger charge is -2.37. The molecule has 0 saturated carbocycles. The average Bonchev–Trinajstić information content (AvgIpc) is 2.17. The largest absolute Gasteiger partial charge is 0.314 e. The van der Waals surface area contributed by atoms with E-state index in [0.29, 0.717) is 18.9 Å². The Morgan fingerprint density at radius 3 is 2.53 bits per heavy atom. The summed E-state index contributed by atoms with van der Waals surface area (Å²) in [7, 11) is 0. The third-order valence-corrected chi connectivity index (χ3v) is 3.28. The van der Waals surface area contributed by atoms with E-state index < -0.39 is 0 Å². The van der Waals surface area contributed by atoms with E-state index >= 15 is 0 Å². The van der Waals surface area contributed by atoms with Crippen molar-refractivity contribution < 1.29 is 9.59 Å². The molecule has 0 aromatic rings. The molecule has 0 bridgehead atoms. The van der Waals surface area contributed by atoms with Crippen LogP contribution in [0.5, 0.6) is 0 Å². The first-order chi connectivity index (χ1) is 7.18. The summed E-state index contributed by atoms with van der Waals surface area (Å²) >= 11 is 0. The molecule has 0 radical (unpaired) electrons. The van der Waals surface area contributed by atoms with Gasteiger partial charge < -0.3 is 5.32 Å². The number of imide groups is 1. The average molecular weight is 210 g/mol. The normalized spacial score (nSPS) is 33.3. The Labute approximate surface area is 90.0 Å². The number of rotatable bonds is 1. The van der Waals surface area contributed by atoms with Crippen LogP contribution in [0.15, 0.2) is 0 Å². The molecule has 2 aliphatic heterocycles. The van der Waals surface area contributed by atoms with Gasteiger partial charge in [0.15, 0.2) is 0 Å². The summed E-state index contributed by atoms with van der Waals surface area (Å²) in [5, 5.41) is 3.33. The van der Waals surface area contributed by atoms with Gasteiger partial charge in [-0.3, -0.25) is 14.5 Å². The van der Waals surface area contributed by atoms with Gasteiger partial charge in [0.05, 0.1) is 0 Å². The number of carbonyl (C=O) groups is 2. The van der Waals surface area contributed by atoms with Crippen LogP contribution in [0.25, 0.3) is 0 Å². The maximum absolute atomic E-state index is 11.7. The molecular formula is C11H18N2O2. The van der Waals surface area contributed by atoms with Gasteiger partial charge in [0.25, 0.3) is 0 Å². The fourth-order valence-electron chi connectivity index (χ4n) is 2.52. The van der Waals surface area contributed by atoms with Crippen LogP contribution in [-0.2, 0) is 9.59 Å². The number of nitrogens with one attached hydrogen (secondary N) is 1. The Kier molecular flexibility index (Phi) is 3.05. The van der Waals surface area contributed by atoms with Crippen molar-refractivity contribution in [2.24, 2.45) is 0 Å². The fraction of sp³-hybridized carbons (Fsp3) is 0.818. The van der Waals surface area contributed by atoms with Crippen LogP contribution in [0.3, 0.4) is 0 Å². The molecule has 0 aromatic heterocycles. The van der Waals surface area contributed by atoms with Crippen molar-refractivity contribution in [2.75, 3.05) is 6.54 Å². The minimum absolute atomic E-state index is 0.0327. The SMILES string of the molecule is CC1CC(N2C(=O)CCCC2=O)CCN1. The third-order valence-electron chi connectivity index (χ3n) is 3.28. The van der Waals surface area contributed by atoms with E-state index in [0.717, 1.165) is 25.8 Å². The van der Waals surface area contributed by atoms with E-state index in [1.54, 1.807) is 0 Å². The lowest BCUT2D eigenvalue weighted by molar-refractivity contribution is -0.151. The Hall–Kier alpha value is -0.900. The van der Waals surface area contributed by atoms with E-state index in [9.17, 15) is 9.59 Å². The number of amides is 2. The summed E-state index contributed by atoms with van der Waals surface area (Å²) < 4.78 is 0. The van der Waals surface area contributed by atoms with Gasteiger partial charge in [-0.1, -0.05) is 0 Å². The highest BCUT2D eigenvalue weighted by Crippen LogP contribution is 2.22. The molecule has 4 heteroatoms.